The summed E-state index contributed by atoms with van der Waals surface area (Å²) in [5, 5.41) is 10.1. The van der Waals surface area contributed by atoms with Crippen LogP contribution in [0.5, 0.6) is 5.75 Å². The highest BCUT2D eigenvalue weighted by molar-refractivity contribution is 7.67. The summed E-state index contributed by atoms with van der Waals surface area (Å²) in [5.74, 6) is 0.145. The van der Waals surface area contributed by atoms with Gasteiger partial charge < -0.3 is 9.92 Å². The lowest BCUT2D eigenvalue weighted by molar-refractivity contribution is 0.511. The van der Waals surface area contributed by atoms with Gasteiger partial charge in [0.15, 0.2) is 5.75 Å². The topological polar surface area (TPSA) is 94.1 Å². The van der Waals surface area contributed by atoms with Crippen LogP contribution in [0.15, 0.2) is 70.9 Å². The van der Waals surface area contributed by atoms with Gasteiger partial charge in [0.2, 0.25) is 0 Å². The maximum atomic E-state index is 10.9. The van der Waals surface area contributed by atoms with Crippen LogP contribution in [0.25, 0.3) is 10.8 Å². The summed E-state index contributed by atoms with van der Waals surface area (Å²) >= 11 is 0. The third-order valence-electron chi connectivity index (χ3n) is 3.47. The van der Waals surface area contributed by atoms with Crippen LogP contribution in [0.2, 0.25) is 0 Å². The zero-order valence-corrected chi connectivity index (χ0v) is 13.5. The second-order valence-corrected chi connectivity index (χ2v) is 5.65. The van der Waals surface area contributed by atoms with E-state index in [0.29, 0.717) is 17.9 Å². The lowest BCUT2D eigenvalue weighted by Crippen LogP contribution is -1.94. The molecule has 0 radical (unpaired) electrons. The molecule has 0 atom stereocenters. The minimum atomic E-state index is -3.04. The minimum Gasteiger partial charge on any atom is -0.382 e. The number of hydrogen-bond donors (Lipinski definition) is 2. The molecule has 0 fully saturated rings. The molecule has 2 N–H and O–H groups in total. The molecular formula is C17H15N3O3S. The van der Waals surface area contributed by atoms with E-state index < -0.39 is 11.0 Å². The van der Waals surface area contributed by atoms with Crippen molar-refractivity contribution < 1.29 is 12.6 Å². The average Bonchev–Trinajstić information content (AvgIpc) is 2.60. The van der Waals surface area contributed by atoms with Gasteiger partial charge in [0.25, 0.3) is 11.0 Å². The van der Waals surface area contributed by atoms with Gasteiger partial charge in [-0.2, -0.15) is 13.5 Å². The Hall–Kier alpha value is -2.77. The van der Waals surface area contributed by atoms with Crippen LogP contribution in [0.4, 0.5) is 11.4 Å². The molecule has 0 aliphatic heterocycles. The Kier molecular flexibility index (Phi) is 4.83. The molecule has 3 rings (SSSR count). The molecule has 24 heavy (non-hydrogen) atoms. The van der Waals surface area contributed by atoms with Crippen molar-refractivity contribution in [2.24, 2.45) is 16.0 Å². The van der Waals surface area contributed by atoms with Gasteiger partial charge in [-0.15, -0.1) is 5.11 Å². The van der Waals surface area contributed by atoms with Crippen molar-refractivity contribution in [3.8, 4) is 5.75 Å². The van der Waals surface area contributed by atoms with E-state index in [1.54, 1.807) is 24.3 Å². The zero-order valence-electron chi connectivity index (χ0n) is 12.6. The molecule has 7 heteroatoms. The highest BCUT2D eigenvalue weighted by atomic mass is 32.2. The number of benzene rings is 3. The molecule has 0 spiro atoms. The molecular weight excluding hydrogens is 326 g/mol. The van der Waals surface area contributed by atoms with Crippen molar-refractivity contribution in [2.45, 2.75) is 6.54 Å². The molecule has 0 aromatic heterocycles. The Morgan fingerprint density at radius 1 is 0.917 bits per heavy atom. The fraction of sp³-hybridized carbons (Fsp3) is 0.0588. The number of hydrogen-bond acceptors (Lipinski definition) is 6. The number of nitrogens with two attached hydrogens (primary N) is 1. The van der Waals surface area contributed by atoms with Gasteiger partial charge in [-0.3, -0.25) is 0 Å². The Labute approximate surface area is 140 Å². The molecule has 0 aliphatic rings. The summed E-state index contributed by atoms with van der Waals surface area (Å²) in [4.78, 5) is 0. The standard InChI is InChI=1S/C17H15N3O3S/c18-11-12-5-8-14(9-6-12)19-20-17-15-4-2-1-3-13(15)7-10-16(17)23-24(21)22/h1-10,24H,11,18H2. The fourth-order valence-electron chi connectivity index (χ4n) is 2.30. The molecule has 0 amide bonds. The van der Waals surface area contributed by atoms with Crippen LogP contribution >= 0.6 is 0 Å². The molecule has 3 aromatic rings. The summed E-state index contributed by atoms with van der Waals surface area (Å²) in [6.07, 6.45) is 0. The Bertz CT molecular complexity index is 958. The summed E-state index contributed by atoms with van der Waals surface area (Å²) in [6.45, 7) is 0.454. The van der Waals surface area contributed by atoms with E-state index in [-0.39, 0.29) is 5.75 Å². The van der Waals surface area contributed by atoms with Crippen molar-refractivity contribution in [3.63, 3.8) is 0 Å². The van der Waals surface area contributed by atoms with Crippen LogP contribution < -0.4 is 9.92 Å². The van der Waals surface area contributed by atoms with Gasteiger partial charge in [0.05, 0.1) is 5.69 Å². The number of rotatable bonds is 5. The van der Waals surface area contributed by atoms with E-state index in [0.717, 1.165) is 16.3 Å². The average molecular weight is 341 g/mol. The molecule has 0 saturated carbocycles. The second kappa shape index (κ2) is 7.20. The van der Waals surface area contributed by atoms with Gasteiger partial charge in [-0.1, -0.05) is 42.5 Å². The first-order valence-electron chi connectivity index (χ1n) is 7.22. The van der Waals surface area contributed by atoms with Crippen LogP contribution in [0.1, 0.15) is 5.56 Å². The highest BCUT2D eigenvalue weighted by Gasteiger charge is 2.09. The quantitative estimate of drug-likeness (QED) is 0.547. The summed E-state index contributed by atoms with van der Waals surface area (Å²) in [6, 6.07) is 18.2. The summed E-state index contributed by atoms with van der Waals surface area (Å²) in [7, 11) is -3.04. The fourth-order valence-corrected chi connectivity index (χ4v) is 2.61. The molecule has 122 valence electrons. The van der Waals surface area contributed by atoms with E-state index in [1.807, 2.05) is 36.4 Å². The van der Waals surface area contributed by atoms with E-state index >= 15 is 0 Å². The molecule has 6 nitrogen and oxygen atoms in total. The van der Waals surface area contributed by atoms with Crippen LogP contribution in [-0.4, -0.2) is 8.42 Å². The Balaban J connectivity index is 2.06. The predicted octanol–water partition coefficient (Wildman–Crippen LogP) is 3.62. The predicted molar refractivity (Wildman–Crippen MR) is 93.4 cm³/mol. The number of azo groups is 1. The minimum absolute atomic E-state index is 0.145. The van der Waals surface area contributed by atoms with Crippen molar-refractivity contribution in [1.29, 1.82) is 0 Å². The monoisotopic (exact) mass is 341 g/mol. The number of nitrogens with zero attached hydrogens (tertiary/aromatic N) is 2. The molecule has 0 saturated heterocycles. The Morgan fingerprint density at radius 3 is 2.38 bits per heavy atom. The smallest absolute Gasteiger partial charge is 0.299 e. The van der Waals surface area contributed by atoms with Crippen molar-refractivity contribution in [2.75, 3.05) is 0 Å². The van der Waals surface area contributed by atoms with Crippen LogP contribution in [0.3, 0.4) is 0 Å². The van der Waals surface area contributed by atoms with Gasteiger partial charge >= 0.3 is 0 Å². The van der Waals surface area contributed by atoms with Crippen molar-refractivity contribution in [1.82, 2.24) is 0 Å². The SMILES string of the molecule is NCc1ccc(N=Nc2c(O[SH](=O)=O)ccc3ccccc23)cc1. The van der Waals surface area contributed by atoms with E-state index in [1.165, 1.54) is 0 Å². The molecule has 0 heterocycles. The molecule has 0 unspecified atom stereocenters. The van der Waals surface area contributed by atoms with Crippen molar-refractivity contribution in [3.05, 3.63) is 66.2 Å². The van der Waals surface area contributed by atoms with Gasteiger partial charge in [0.1, 0.15) is 5.69 Å². The van der Waals surface area contributed by atoms with Crippen LogP contribution in [-0.2, 0) is 17.5 Å². The maximum Gasteiger partial charge on any atom is 0.299 e. The molecule has 0 bridgehead atoms. The second-order valence-electron chi connectivity index (χ2n) is 5.02. The third-order valence-corrected chi connectivity index (χ3v) is 3.82. The van der Waals surface area contributed by atoms with Gasteiger partial charge in [-0.25, -0.2) is 0 Å². The number of fused-ring (bicyclic) bond motifs is 1. The first kappa shape index (κ1) is 16.1. The van der Waals surface area contributed by atoms with Crippen LogP contribution in [0, 0.1) is 0 Å². The van der Waals surface area contributed by atoms with Gasteiger partial charge in [-0.05, 0) is 29.1 Å². The first-order chi connectivity index (χ1) is 11.7. The highest BCUT2D eigenvalue weighted by Crippen LogP contribution is 2.37. The van der Waals surface area contributed by atoms with Crippen molar-refractivity contribution >= 4 is 33.1 Å². The zero-order chi connectivity index (χ0) is 16.9. The van der Waals surface area contributed by atoms with E-state index in [4.69, 9.17) is 9.92 Å². The lowest BCUT2D eigenvalue weighted by atomic mass is 10.1. The van der Waals surface area contributed by atoms with Gasteiger partial charge in [0, 0.05) is 11.9 Å². The largest absolute Gasteiger partial charge is 0.382 e. The summed E-state index contributed by atoms with van der Waals surface area (Å²) in [5.41, 5.74) is 7.56. The first-order valence-corrected chi connectivity index (χ1v) is 8.32. The van der Waals surface area contributed by atoms with E-state index in [2.05, 4.69) is 10.2 Å². The summed E-state index contributed by atoms with van der Waals surface area (Å²) < 4.78 is 26.7. The number of thiol groups is 1. The lowest BCUT2D eigenvalue weighted by Gasteiger charge is -2.06. The molecule has 3 aromatic carbocycles. The molecule has 0 aliphatic carbocycles. The maximum absolute atomic E-state index is 10.9. The van der Waals surface area contributed by atoms with E-state index in [9.17, 15) is 8.42 Å². The third kappa shape index (κ3) is 3.58. The Morgan fingerprint density at radius 2 is 1.67 bits per heavy atom. The normalized spacial score (nSPS) is 11.4.